The molecule has 1 heterocycles. The average Bonchev–Trinajstić information content (AvgIpc) is 3.17. The Labute approximate surface area is 160 Å². The fourth-order valence-electron chi connectivity index (χ4n) is 2.90. The smallest absolute Gasteiger partial charge is 0.191 e. The predicted molar refractivity (Wildman–Crippen MR) is 108 cm³/mol. The van der Waals surface area contributed by atoms with Crippen molar-refractivity contribution < 1.29 is 0 Å². The van der Waals surface area contributed by atoms with E-state index in [0.29, 0.717) is 12.0 Å². The van der Waals surface area contributed by atoms with E-state index in [1.807, 2.05) is 0 Å². The van der Waals surface area contributed by atoms with E-state index in [4.69, 9.17) is 5.73 Å². The first-order chi connectivity index (χ1) is 10.8. The van der Waals surface area contributed by atoms with Crippen LogP contribution in [0.2, 0.25) is 0 Å². The Morgan fingerprint density at radius 3 is 2.78 bits per heavy atom. The quantitative estimate of drug-likeness (QED) is 0.208. The number of nitrogens with two attached hydrogens (primary N) is 1. The molecule has 0 bridgehead atoms. The van der Waals surface area contributed by atoms with Crippen LogP contribution in [0.15, 0.2) is 10.1 Å². The first-order valence-corrected chi connectivity index (χ1v) is 9.50. The van der Waals surface area contributed by atoms with Crippen molar-refractivity contribution in [1.82, 2.24) is 20.1 Å². The van der Waals surface area contributed by atoms with Crippen molar-refractivity contribution in [3.63, 3.8) is 0 Å². The molecule has 0 amide bonds. The maximum absolute atomic E-state index is 5.80. The maximum Gasteiger partial charge on any atom is 0.191 e. The molecule has 1 saturated carbocycles. The van der Waals surface area contributed by atoms with Gasteiger partial charge in [-0.25, -0.2) is 0 Å². The van der Waals surface area contributed by atoms with Crippen molar-refractivity contribution in [2.75, 3.05) is 19.3 Å². The van der Waals surface area contributed by atoms with E-state index >= 15 is 0 Å². The Morgan fingerprint density at radius 1 is 1.39 bits per heavy atom. The summed E-state index contributed by atoms with van der Waals surface area (Å²) in [5.41, 5.74) is 5.80. The third-order valence-corrected chi connectivity index (χ3v) is 4.64. The van der Waals surface area contributed by atoms with Crippen LogP contribution in [0, 0.1) is 0 Å². The van der Waals surface area contributed by atoms with Gasteiger partial charge in [-0.1, -0.05) is 31.5 Å². The van der Waals surface area contributed by atoms with E-state index in [1.54, 1.807) is 11.8 Å². The number of aliphatic imine (C=N–C) groups is 1. The predicted octanol–water partition coefficient (Wildman–Crippen LogP) is 2.98. The summed E-state index contributed by atoms with van der Waals surface area (Å²) < 4.78 is 2.37. The number of nitrogens with one attached hydrogen (secondary N) is 1. The minimum Gasteiger partial charge on any atom is -0.370 e. The molecule has 0 spiro atoms. The van der Waals surface area contributed by atoms with Crippen molar-refractivity contribution in [1.29, 1.82) is 0 Å². The summed E-state index contributed by atoms with van der Waals surface area (Å²) in [5, 5.41) is 13.0. The topological polar surface area (TPSA) is 81.1 Å². The van der Waals surface area contributed by atoms with Crippen molar-refractivity contribution >= 4 is 41.7 Å². The molecule has 0 radical (unpaired) electrons. The fourth-order valence-corrected chi connectivity index (χ4v) is 3.47. The Kier molecular flexibility index (Phi) is 9.92. The summed E-state index contributed by atoms with van der Waals surface area (Å²) >= 11 is 1.69. The van der Waals surface area contributed by atoms with Gasteiger partial charge in [0.1, 0.15) is 5.82 Å². The van der Waals surface area contributed by atoms with Gasteiger partial charge in [-0.3, -0.25) is 4.99 Å². The monoisotopic (exact) mass is 452 g/mol. The molecule has 1 aromatic heterocycles. The lowest BCUT2D eigenvalue weighted by Crippen LogP contribution is -2.32. The molecule has 0 unspecified atom stereocenters. The first-order valence-electron chi connectivity index (χ1n) is 8.27. The fraction of sp³-hybridized carbons (Fsp3) is 0.800. The van der Waals surface area contributed by atoms with E-state index in [2.05, 4.69) is 38.3 Å². The van der Waals surface area contributed by atoms with Crippen molar-refractivity contribution in [3.8, 4) is 0 Å². The second-order valence-electron chi connectivity index (χ2n) is 5.71. The van der Waals surface area contributed by atoms with Gasteiger partial charge in [0.05, 0.1) is 0 Å². The molecule has 1 aliphatic carbocycles. The number of rotatable bonds is 8. The van der Waals surface area contributed by atoms with Gasteiger partial charge >= 0.3 is 0 Å². The Hall–Kier alpha value is -0.510. The van der Waals surface area contributed by atoms with Gasteiger partial charge in [-0.2, -0.15) is 0 Å². The van der Waals surface area contributed by atoms with Gasteiger partial charge < -0.3 is 15.6 Å². The molecule has 0 aliphatic heterocycles. The number of nitrogens with zero attached hydrogens (tertiary/aromatic N) is 4. The summed E-state index contributed by atoms with van der Waals surface area (Å²) in [6.45, 7) is 3.70. The summed E-state index contributed by atoms with van der Waals surface area (Å²) in [6.07, 6.45) is 10.2. The van der Waals surface area contributed by atoms with Crippen LogP contribution < -0.4 is 11.1 Å². The Balaban J connectivity index is 0.00000264. The zero-order chi connectivity index (χ0) is 15.8. The lowest BCUT2D eigenvalue weighted by atomic mass is 10.2. The zero-order valence-electron chi connectivity index (χ0n) is 14.1. The number of guanidine groups is 1. The van der Waals surface area contributed by atoms with Crippen LogP contribution in [0.25, 0.3) is 0 Å². The van der Waals surface area contributed by atoms with Gasteiger partial charge in [0.25, 0.3) is 0 Å². The minimum atomic E-state index is 0. The lowest BCUT2D eigenvalue weighted by molar-refractivity contribution is 0.460. The summed E-state index contributed by atoms with van der Waals surface area (Å²) in [4.78, 5) is 4.23. The second kappa shape index (κ2) is 11.1. The highest BCUT2D eigenvalue weighted by atomic mass is 127. The molecular formula is C15H29IN6S. The molecule has 1 aliphatic rings. The highest BCUT2D eigenvalue weighted by molar-refractivity contribution is 14.0. The Bertz CT molecular complexity index is 484. The standard InChI is InChI=1S/C15H28N6S.HI/c1-3-10-17-14(16)18-11-6-9-13-19-20-15(22-2)21(13)12-7-4-5-8-12;/h12H,3-11H2,1-2H3,(H3,16,17,18);1H. The van der Waals surface area contributed by atoms with Crippen LogP contribution in [0.3, 0.4) is 0 Å². The minimum absolute atomic E-state index is 0. The average molecular weight is 452 g/mol. The number of hydrogen-bond acceptors (Lipinski definition) is 4. The van der Waals surface area contributed by atoms with E-state index in [1.165, 1.54) is 25.7 Å². The molecular weight excluding hydrogens is 423 g/mol. The molecule has 132 valence electrons. The van der Waals surface area contributed by atoms with Crippen LogP contribution in [0.4, 0.5) is 0 Å². The molecule has 23 heavy (non-hydrogen) atoms. The molecule has 0 saturated heterocycles. The number of halogens is 1. The third kappa shape index (κ3) is 6.13. The molecule has 0 aromatic carbocycles. The molecule has 1 aromatic rings. The number of hydrogen-bond donors (Lipinski definition) is 2. The number of aryl methyl sites for hydroxylation is 1. The van der Waals surface area contributed by atoms with Gasteiger partial charge in [0.15, 0.2) is 11.1 Å². The normalized spacial score (nSPS) is 15.7. The molecule has 2 rings (SSSR count). The van der Waals surface area contributed by atoms with Crippen LogP contribution in [-0.2, 0) is 6.42 Å². The summed E-state index contributed by atoms with van der Waals surface area (Å²) in [5.74, 6) is 1.66. The van der Waals surface area contributed by atoms with Crippen molar-refractivity contribution in [2.45, 2.75) is 63.1 Å². The van der Waals surface area contributed by atoms with E-state index in [0.717, 1.165) is 43.3 Å². The lowest BCUT2D eigenvalue weighted by Gasteiger charge is -2.16. The maximum atomic E-state index is 5.80. The molecule has 0 atom stereocenters. The van der Waals surface area contributed by atoms with Gasteiger partial charge in [-0.15, -0.1) is 34.2 Å². The van der Waals surface area contributed by atoms with Gasteiger partial charge in [0.2, 0.25) is 0 Å². The summed E-state index contributed by atoms with van der Waals surface area (Å²) in [7, 11) is 0. The number of thioether (sulfide) groups is 1. The van der Waals surface area contributed by atoms with Crippen LogP contribution >= 0.6 is 35.7 Å². The summed E-state index contributed by atoms with van der Waals surface area (Å²) in [6, 6.07) is 0.594. The van der Waals surface area contributed by atoms with Gasteiger partial charge in [0, 0.05) is 25.6 Å². The highest BCUT2D eigenvalue weighted by Crippen LogP contribution is 2.33. The highest BCUT2D eigenvalue weighted by Gasteiger charge is 2.23. The van der Waals surface area contributed by atoms with E-state index in [9.17, 15) is 0 Å². The third-order valence-electron chi connectivity index (χ3n) is 4.00. The van der Waals surface area contributed by atoms with Gasteiger partial charge in [-0.05, 0) is 31.9 Å². The van der Waals surface area contributed by atoms with Crippen molar-refractivity contribution in [3.05, 3.63) is 5.82 Å². The first kappa shape index (κ1) is 20.5. The van der Waals surface area contributed by atoms with Crippen LogP contribution in [0.5, 0.6) is 0 Å². The second-order valence-corrected chi connectivity index (χ2v) is 6.48. The van der Waals surface area contributed by atoms with Crippen LogP contribution in [-0.4, -0.2) is 40.1 Å². The zero-order valence-corrected chi connectivity index (χ0v) is 17.3. The molecule has 1 fully saturated rings. The Morgan fingerprint density at radius 2 is 2.13 bits per heavy atom. The SMILES string of the molecule is CCCN=C(N)NCCCc1nnc(SC)n1C1CCCC1.I. The van der Waals surface area contributed by atoms with Crippen molar-refractivity contribution in [2.24, 2.45) is 10.7 Å². The molecule has 3 N–H and O–H groups in total. The van der Waals surface area contributed by atoms with Crippen LogP contribution in [0.1, 0.15) is 57.3 Å². The molecule has 6 nitrogen and oxygen atoms in total. The largest absolute Gasteiger partial charge is 0.370 e. The molecule has 8 heteroatoms. The van der Waals surface area contributed by atoms with E-state index in [-0.39, 0.29) is 24.0 Å². The van der Waals surface area contributed by atoms with E-state index < -0.39 is 0 Å². The number of aromatic nitrogens is 3.